The highest BCUT2D eigenvalue weighted by molar-refractivity contribution is 9.11. The monoisotopic (exact) mass is 290 g/mol. The minimum absolute atomic E-state index is 0.679. The zero-order valence-corrected chi connectivity index (χ0v) is 11.3. The third-order valence-corrected chi connectivity index (χ3v) is 4.07. The van der Waals surface area contributed by atoms with Crippen molar-refractivity contribution in [2.45, 2.75) is 39.0 Å². The van der Waals surface area contributed by atoms with E-state index in [2.05, 4.69) is 22.9 Å². The molecule has 0 spiro atoms. The zero-order chi connectivity index (χ0) is 11.3. The van der Waals surface area contributed by atoms with Gasteiger partial charge in [0.1, 0.15) is 0 Å². The molecule has 0 aliphatic rings. The summed E-state index contributed by atoms with van der Waals surface area (Å²) in [6.45, 7) is 2.18. The Morgan fingerprint density at radius 3 is 2.67 bits per heavy atom. The average molecular weight is 291 g/mol. The Labute approximate surface area is 104 Å². The number of unbranched alkanes of at least 4 members (excludes halogenated alkanes) is 3. The van der Waals surface area contributed by atoms with Crippen molar-refractivity contribution in [2.24, 2.45) is 0 Å². The predicted molar refractivity (Wildman–Crippen MR) is 69.7 cm³/mol. The molecule has 0 unspecified atom stereocenters. The summed E-state index contributed by atoms with van der Waals surface area (Å²) in [5.74, 6) is 0. The first-order chi connectivity index (χ1) is 7.15. The molecule has 1 aromatic heterocycles. The van der Waals surface area contributed by atoms with Gasteiger partial charge in [0.25, 0.3) is 0 Å². The first kappa shape index (κ1) is 13.2. The van der Waals surface area contributed by atoms with Crippen LogP contribution in [0, 0.1) is 0 Å². The first-order valence-corrected chi connectivity index (χ1v) is 6.90. The van der Waals surface area contributed by atoms with Crippen LogP contribution in [0.3, 0.4) is 0 Å². The number of aryl methyl sites for hydroxylation is 1. The Morgan fingerprint density at radius 2 is 2.07 bits per heavy atom. The molecule has 1 heterocycles. The second kappa shape index (κ2) is 6.68. The number of hydrogen-bond acceptors (Lipinski definition) is 3. The first-order valence-electron chi connectivity index (χ1n) is 5.29. The van der Waals surface area contributed by atoms with Gasteiger partial charge in [-0.3, -0.25) is 0 Å². The van der Waals surface area contributed by atoms with Crippen LogP contribution in [0.5, 0.6) is 0 Å². The average Bonchev–Trinajstić information content (AvgIpc) is 2.55. The standard InChI is InChI=1S/C10H16BBrO2S/c1-2-3-4-5-6-8-7-9(12)15-10(8)11(13)14/h7,13-14H,2-6H2,1H3. The predicted octanol–water partition coefficient (Wildman–Crippen LogP) is 2.31. The Bertz CT molecular complexity index is 302. The van der Waals surface area contributed by atoms with Gasteiger partial charge in [0.05, 0.1) is 3.79 Å². The van der Waals surface area contributed by atoms with E-state index < -0.39 is 7.12 Å². The van der Waals surface area contributed by atoms with Crippen LogP contribution in [0.2, 0.25) is 0 Å². The Balaban J connectivity index is 2.52. The lowest BCUT2D eigenvalue weighted by atomic mass is 9.85. The highest BCUT2D eigenvalue weighted by Gasteiger charge is 2.18. The van der Waals surface area contributed by atoms with E-state index in [1.165, 1.54) is 30.6 Å². The number of thiophene rings is 1. The molecule has 5 heteroatoms. The second-order valence-electron chi connectivity index (χ2n) is 3.62. The van der Waals surface area contributed by atoms with Gasteiger partial charge >= 0.3 is 7.12 Å². The maximum absolute atomic E-state index is 9.17. The van der Waals surface area contributed by atoms with Gasteiger partial charge in [0.2, 0.25) is 0 Å². The largest absolute Gasteiger partial charge is 0.499 e. The van der Waals surface area contributed by atoms with Gasteiger partial charge in [0.15, 0.2) is 0 Å². The lowest BCUT2D eigenvalue weighted by Gasteiger charge is -2.02. The molecule has 2 nitrogen and oxygen atoms in total. The fourth-order valence-corrected chi connectivity index (χ4v) is 3.17. The summed E-state index contributed by atoms with van der Waals surface area (Å²) < 4.78 is 1.65. The van der Waals surface area contributed by atoms with Crippen molar-refractivity contribution >= 4 is 39.2 Å². The molecule has 1 rings (SSSR count). The van der Waals surface area contributed by atoms with Crippen molar-refractivity contribution in [1.29, 1.82) is 0 Å². The third kappa shape index (κ3) is 4.27. The molecular formula is C10H16BBrO2S. The van der Waals surface area contributed by atoms with Crippen LogP contribution in [-0.4, -0.2) is 17.2 Å². The molecule has 1 aromatic rings. The third-order valence-electron chi connectivity index (χ3n) is 2.35. The fourth-order valence-electron chi connectivity index (χ4n) is 1.56. The van der Waals surface area contributed by atoms with E-state index in [-0.39, 0.29) is 0 Å². The van der Waals surface area contributed by atoms with E-state index in [9.17, 15) is 0 Å². The Kier molecular flexibility index (Phi) is 5.90. The van der Waals surface area contributed by atoms with Crippen molar-refractivity contribution in [2.75, 3.05) is 0 Å². The molecule has 0 saturated heterocycles. The maximum atomic E-state index is 9.17. The highest BCUT2D eigenvalue weighted by atomic mass is 79.9. The van der Waals surface area contributed by atoms with Gasteiger partial charge in [-0.05, 0) is 40.4 Å². The molecule has 0 amide bonds. The molecule has 84 valence electrons. The van der Waals surface area contributed by atoms with Crippen LogP contribution in [0.25, 0.3) is 0 Å². The van der Waals surface area contributed by atoms with E-state index in [1.807, 2.05) is 6.07 Å². The quantitative estimate of drug-likeness (QED) is 0.623. The van der Waals surface area contributed by atoms with Crippen LogP contribution in [0.1, 0.15) is 38.2 Å². The van der Waals surface area contributed by atoms with Crippen LogP contribution in [-0.2, 0) is 6.42 Å². The van der Waals surface area contributed by atoms with E-state index in [4.69, 9.17) is 10.0 Å². The smallest absolute Gasteiger partial charge is 0.423 e. The normalized spacial score (nSPS) is 10.7. The van der Waals surface area contributed by atoms with Gasteiger partial charge < -0.3 is 10.0 Å². The van der Waals surface area contributed by atoms with Gasteiger partial charge in [-0.25, -0.2) is 0 Å². The van der Waals surface area contributed by atoms with E-state index in [1.54, 1.807) is 0 Å². The molecule has 0 saturated carbocycles. The van der Waals surface area contributed by atoms with Gasteiger partial charge in [-0.1, -0.05) is 26.2 Å². The molecule has 0 aliphatic heterocycles. The van der Waals surface area contributed by atoms with Crippen molar-refractivity contribution < 1.29 is 10.0 Å². The second-order valence-corrected chi connectivity index (χ2v) is 6.09. The van der Waals surface area contributed by atoms with E-state index in [0.29, 0.717) is 4.78 Å². The lowest BCUT2D eigenvalue weighted by Crippen LogP contribution is -2.29. The Hall–Kier alpha value is 0.165. The molecule has 0 aliphatic carbocycles. The summed E-state index contributed by atoms with van der Waals surface area (Å²) >= 11 is 4.77. The number of halogens is 1. The van der Waals surface area contributed by atoms with Crippen molar-refractivity contribution in [3.8, 4) is 0 Å². The van der Waals surface area contributed by atoms with Crippen molar-refractivity contribution in [3.05, 3.63) is 15.4 Å². The van der Waals surface area contributed by atoms with Crippen molar-refractivity contribution in [3.63, 3.8) is 0 Å². The molecule has 15 heavy (non-hydrogen) atoms. The molecule has 0 aromatic carbocycles. The van der Waals surface area contributed by atoms with Gasteiger partial charge in [-0.2, -0.15) is 0 Å². The fraction of sp³-hybridized carbons (Fsp3) is 0.600. The molecule has 0 atom stereocenters. The lowest BCUT2D eigenvalue weighted by molar-refractivity contribution is 0.426. The topological polar surface area (TPSA) is 40.5 Å². The van der Waals surface area contributed by atoms with Gasteiger partial charge in [-0.15, -0.1) is 11.3 Å². The molecule has 0 radical (unpaired) electrons. The summed E-state index contributed by atoms with van der Waals surface area (Å²) in [4.78, 5) is 0. The zero-order valence-electron chi connectivity index (χ0n) is 8.87. The van der Waals surface area contributed by atoms with E-state index >= 15 is 0 Å². The maximum Gasteiger partial charge on any atom is 0.499 e. The van der Waals surface area contributed by atoms with Crippen LogP contribution in [0.4, 0.5) is 0 Å². The summed E-state index contributed by atoms with van der Waals surface area (Å²) in [5, 5.41) is 18.3. The van der Waals surface area contributed by atoms with E-state index in [0.717, 1.165) is 22.2 Å². The van der Waals surface area contributed by atoms with Gasteiger partial charge in [0, 0.05) is 4.78 Å². The molecule has 0 bridgehead atoms. The summed E-state index contributed by atoms with van der Waals surface area (Å²) in [6, 6.07) is 1.99. The SMILES string of the molecule is CCCCCCc1cc(Br)sc1B(O)O. The summed E-state index contributed by atoms with van der Waals surface area (Å²) in [6.07, 6.45) is 5.75. The molecule has 2 N–H and O–H groups in total. The highest BCUT2D eigenvalue weighted by Crippen LogP contribution is 2.20. The molecule has 0 fully saturated rings. The minimum atomic E-state index is -1.33. The van der Waals surface area contributed by atoms with Crippen LogP contribution < -0.4 is 4.78 Å². The molecular weight excluding hydrogens is 275 g/mol. The summed E-state index contributed by atoms with van der Waals surface area (Å²) in [7, 11) is -1.33. The van der Waals surface area contributed by atoms with Crippen LogP contribution in [0.15, 0.2) is 9.85 Å². The minimum Gasteiger partial charge on any atom is -0.423 e. The van der Waals surface area contributed by atoms with Crippen molar-refractivity contribution in [1.82, 2.24) is 0 Å². The summed E-state index contributed by atoms with van der Waals surface area (Å²) in [5.41, 5.74) is 1.07. The number of hydrogen-bond donors (Lipinski definition) is 2. The Morgan fingerprint density at radius 1 is 1.33 bits per heavy atom. The van der Waals surface area contributed by atoms with Crippen LogP contribution >= 0.6 is 27.3 Å². The number of rotatable bonds is 6.